The molecule has 29 heavy (non-hydrogen) atoms. The molecule has 0 bridgehead atoms. The molecule has 3 rings (SSSR count). The highest BCUT2D eigenvalue weighted by Gasteiger charge is 2.29. The maximum absolute atomic E-state index is 5.92. The van der Waals surface area contributed by atoms with Gasteiger partial charge in [-0.25, -0.2) is 4.74 Å². The zero-order valence-corrected chi connectivity index (χ0v) is 19.4. The monoisotopic (exact) mass is 425 g/mol. The zero-order valence-electron chi connectivity index (χ0n) is 17.6. The minimum atomic E-state index is -2.23. The molecule has 0 fully saturated rings. The third-order valence-electron chi connectivity index (χ3n) is 4.95. The molecule has 0 saturated heterocycles. The SMILES string of the molecule is CCN(C(=S)N=P(c1ccncc1)(N(C)C)N(C)C)c1cccc2ccccc12. The van der Waals surface area contributed by atoms with Gasteiger partial charge in [-0.1, -0.05) is 36.4 Å². The smallest absolute Gasteiger partial charge is 0.201 e. The van der Waals surface area contributed by atoms with E-state index < -0.39 is 7.36 Å². The minimum absolute atomic E-state index is 0.594. The van der Waals surface area contributed by atoms with Crippen molar-refractivity contribution in [2.75, 3.05) is 39.6 Å². The molecule has 152 valence electrons. The van der Waals surface area contributed by atoms with Gasteiger partial charge in [0, 0.05) is 29.6 Å². The number of benzene rings is 2. The van der Waals surface area contributed by atoms with Gasteiger partial charge in [0.05, 0.1) is 5.69 Å². The third kappa shape index (κ3) is 4.12. The molecule has 0 radical (unpaired) electrons. The van der Waals surface area contributed by atoms with E-state index in [1.807, 2.05) is 24.5 Å². The fraction of sp³-hybridized carbons (Fsp3) is 0.273. The normalized spacial score (nSPS) is 11.8. The molecule has 0 aliphatic heterocycles. The standard InChI is InChI=1S/C22H28N5PS/c1-6-27(21-13-9-11-18-10-7-8-12-20(18)21)22(29)24-28(25(2)3,26(4)5)19-14-16-23-17-15-19/h7-17H,6H2,1-5H3. The second-order valence-corrected chi connectivity index (χ2v) is 10.9. The molecular formula is C22H28N5PS. The number of hydrogen-bond acceptors (Lipinski definition) is 2. The summed E-state index contributed by atoms with van der Waals surface area (Å²) in [5, 5.41) is 4.09. The second-order valence-electron chi connectivity index (χ2n) is 7.09. The number of nitrogens with zero attached hydrogens (tertiary/aromatic N) is 5. The molecule has 1 heterocycles. The molecule has 2 aromatic carbocycles. The van der Waals surface area contributed by atoms with Gasteiger partial charge in [0.2, 0.25) is 5.11 Å². The molecule has 3 aromatic rings. The van der Waals surface area contributed by atoms with E-state index in [-0.39, 0.29) is 0 Å². The summed E-state index contributed by atoms with van der Waals surface area (Å²) >= 11 is 5.92. The average Bonchev–Trinajstić information content (AvgIpc) is 2.73. The van der Waals surface area contributed by atoms with Gasteiger partial charge in [-0.3, -0.25) is 14.3 Å². The van der Waals surface area contributed by atoms with Crippen molar-refractivity contribution in [1.82, 2.24) is 14.3 Å². The largest absolute Gasteiger partial charge is 0.317 e. The highest BCUT2D eigenvalue weighted by molar-refractivity contribution is 7.81. The molecule has 0 saturated carbocycles. The Morgan fingerprint density at radius 3 is 2.17 bits per heavy atom. The Morgan fingerprint density at radius 2 is 1.55 bits per heavy atom. The van der Waals surface area contributed by atoms with E-state index in [9.17, 15) is 0 Å². The van der Waals surface area contributed by atoms with Gasteiger partial charge in [0.25, 0.3) is 0 Å². The van der Waals surface area contributed by atoms with Crippen LogP contribution in [0.25, 0.3) is 10.8 Å². The van der Waals surface area contributed by atoms with Crippen molar-refractivity contribution < 1.29 is 0 Å². The quantitative estimate of drug-likeness (QED) is 0.432. The Morgan fingerprint density at radius 1 is 0.931 bits per heavy atom. The third-order valence-corrected chi connectivity index (χ3v) is 9.09. The molecule has 1 aromatic heterocycles. The Balaban J connectivity index is 2.18. The Hall–Kier alpha value is -2.11. The Kier molecular flexibility index (Phi) is 6.81. The molecule has 7 heteroatoms. The fourth-order valence-corrected chi connectivity index (χ4v) is 7.19. The number of pyridine rings is 1. The van der Waals surface area contributed by atoms with E-state index >= 15 is 0 Å². The number of thiocarbonyl (C=S) groups is 1. The van der Waals surface area contributed by atoms with Crippen molar-refractivity contribution >= 4 is 46.5 Å². The summed E-state index contributed by atoms with van der Waals surface area (Å²) in [7, 11) is 6.03. The van der Waals surface area contributed by atoms with Gasteiger partial charge in [-0.05, 0) is 70.9 Å². The van der Waals surface area contributed by atoms with Crippen LogP contribution in [0.2, 0.25) is 0 Å². The van der Waals surface area contributed by atoms with E-state index in [0.29, 0.717) is 5.11 Å². The summed E-state index contributed by atoms with van der Waals surface area (Å²) in [6.07, 6.45) is 3.63. The highest BCUT2D eigenvalue weighted by Crippen LogP contribution is 2.52. The van der Waals surface area contributed by atoms with Crippen LogP contribution in [0.4, 0.5) is 5.69 Å². The fourth-order valence-electron chi connectivity index (χ4n) is 3.63. The summed E-state index contributed by atoms with van der Waals surface area (Å²) in [6, 6.07) is 18.8. The van der Waals surface area contributed by atoms with Crippen LogP contribution in [-0.2, 0) is 0 Å². The maximum Gasteiger partial charge on any atom is 0.201 e. The summed E-state index contributed by atoms with van der Waals surface area (Å²) in [6.45, 7) is 2.86. The van der Waals surface area contributed by atoms with Gasteiger partial charge in [-0.15, -0.1) is 0 Å². The van der Waals surface area contributed by atoms with E-state index in [2.05, 4.69) is 96.8 Å². The first-order chi connectivity index (χ1) is 13.9. The van der Waals surface area contributed by atoms with Crippen LogP contribution in [-0.4, -0.2) is 54.2 Å². The molecular weight excluding hydrogens is 397 g/mol. The molecule has 0 N–H and O–H groups in total. The van der Waals surface area contributed by atoms with Crippen LogP contribution in [0.5, 0.6) is 0 Å². The Bertz CT molecular complexity index is 1030. The summed E-state index contributed by atoms with van der Waals surface area (Å²) in [5.74, 6) is 0. The summed E-state index contributed by atoms with van der Waals surface area (Å²) in [5.41, 5.74) is 1.09. The van der Waals surface area contributed by atoms with Crippen molar-refractivity contribution in [2.24, 2.45) is 4.74 Å². The van der Waals surface area contributed by atoms with E-state index in [0.717, 1.165) is 17.5 Å². The number of fused-ring (bicyclic) bond motifs is 1. The first-order valence-electron chi connectivity index (χ1n) is 9.59. The van der Waals surface area contributed by atoms with Gasteiger partial charge >= 0.3 is 0 Å². The zero-order chi connectivity index (χ0) is 21.0. The van der Waals surface area contributed by atoms with E-state index in [4.69, 9.17) is 17.0 Å². The van der Waals surface area contributed by atoms with Crippen LogP contribution < -0.4 is 10.2 Å². The predicted molar refractivity (Wildman–Crippen MR) is 130 cm³/mol. The first-order valence-corrected chi connectivity index (χ1v) is 11.6. The molecule has 0 amide bonds. The predicted octanol–water partition coefficient (Wildman–Crippen LogP) is 4.83. The molecule has 0 aliphatic rings. The van der Waals surface area contributed by atoms with Crippen molar-refractivity contribution in [3.63, 3.8) is 0 Å². The highest BCUT2D eigenvalue weighted by atomic mass is 32.1. The van der Waals surface area contributed by atoms with Gasteiger partial charge in [0.15, 0.2) is 0 Å². The van der Waals surface area contributed by atoms with E-state index in [1.54, 1.807) is 0 Å². The van der Waals surface area contributed by atoms with Crippen LogP contribution >= 0.6 is 19.6 Å². The maximum atomic E-state index is 5.92. The molecule has 0 atom stereocenters. The summed E-state index contributed by atoms with van der Waals surface area (Å²) in [4.78, 5) is 6.31. The van der Waals surface area contributed by atoms with Crippen LogP contribution in [0.1, 0.15) is 6.92 Å². The van der Waals surface area contributed by atoms with Crippen LogP contribution in [0, 0.1) is 0 Å². The topological polar surface area (TPSA) is 35.0 Å². The van der Waals surface area contributed by atoms with Gasteiger partial charge in [-0.2, -0.15) is 0 Å². The number of hydrogen-bond donors (Lipinski definition) is 0. The van der Waals surface area contributed by atoms with Crippen LogP contribution in [0.15, 0.2) is 71.7 Å². The second kappa shape index (κ2) is 9.14. The van der Waals surface area contributed by atoms with E-state index in [1.165, 1.54) is 10.8 Å². The Labute approximate surface area is 179 Å². The van der Waals surface area contributed by atoms with Crippen molar-refractivity contribution in [1.29, 1.82) is 0 Å². The first kappa shape index (κ1) is 21.6. The van der Waals surface area contributed by atoms with Crippen molar-refractivity contribution in [3.8, 4) is 0 Å². The van der Waals surface area contributed by atoms with Crippen molar-refractivity contribution in [3.05, 3.63) is 67.0 Å². The number of aromatic nitrogens is 1. The molecule has 0 aliphatic carbocycles. The lowest BCUT2D eigenvalue weighted by atomic mass is 10.1. The van der Waals surface area contributed by atoms with Crippen LogP contribution in [0.3, 0.4) is 0 Å². The number of anilines is 1. The average molecular weight is 426 g/mol. The lowest BCUT2D eigenvalue weighted by molar-refractivity contribution is 0.572. The van der Waals surface area contributed by atoms with Crippen molar-refractivity contribution in [2.45, 2.75) is 6.92 Å². The lowest BCUT2D eigenvalue weighted by Crippen LogP contribution is -2.33. The van der Waals surface area contributed by atoms with Gasteiger partial charge < -0.3 is 4.90 Å². The minimum Gasteiger partial charge on any atom is -0.317 e. The lowest BCUT2D eigenvalue weighted by Gasteiger charge is -2.37. The number of rotatable bonds is 5. The molecule has 0 spiro atoms. The molecule has 5 nitrogen and oxygen atoms in total. The van der Waals surface area contributed by atoms with Gasteiger partial charge in [0.1, 0.15) is 7.36 Å². The summed E-state index contributed by atoms with van der Waals surface area (Å²) < 4.78 is 9.60. The molecule has 0 unspecified atom stereocenters.